The normalized spacial score (nSPS) is 11.9. The molecule has 2 N–H and O–H groups in total. The van der Waals surface area contributed by atoms with Gasteiger partial charge in [0.15, 0.2) is 6.10 Å². The lowest BCUT2D eigenvalue weighted by Crippen LogP contribution is -2.28. The van der Waals surface area contributed by atoms with E-state index in [1.807, 2.05) is 0 Å². The molecular formula is C27H28O11. The van der Waals surface area contributed by atoms with Crippen molar-refractivity contribution in [1.29, 1.82) is 0 Å². The van der Waals surface area contributed by atoms with Crippen molar-refractivity contribution in [2.75, 3.05) is 26.4 Å². The third kappa shape index (κ3) is 9.88. The van der Waals surface area contributed by atoms with Gasteiger partial charge in [0.1, 0.15) is 37.4 Å². The van der Waals surface area contributed by atoms with Crippen LogP contribution in [0.4, 0.5) is 0 Å². The molecule has 11 nitrogen and oxygen atoms in total. The number of carbonyl (C=O) groups excluding carboxylic acids is 4. The van der Waals surface area contributed by atoms with Crippen LogP contribution in [0.1, 0.15) is 27.6 Å². The van der Waals surface area contributed by atoms with Crippen LogP contribution in [0.2, 0.25) is 0 Å². The first-order chi connectivity index (χ1) is 18.1. The Balaban J connectivity index is 1.84. The average Bonchev–Trinajstić information content (AvgIpc) is 2.92. The lowest BCUT2D eigenvalue weighted by Gasteiger charge is -2.15. The van der Waals surface area contributed by atoms with Gasteiger partial charge in [0.25, 0.3) is 0 Å². The maximum absolute atomic E-state index is 12.3. The second-order valence-corrected chi connectivity index (χ2v) is 7.83. The van der Waals surface area contributed by atoms with Crippen molar-refractivity contribution >= 4 is 23.9 Å². The zero-order valence-corrected chi connectivity index (χ0v) is 20.7. The molecule has 0 heterocycles. The fraction of sp³-hybridized carbons (Fsp3) is 0.259. The molecule has 0 amide bonds. The number of esters is 4. The zero-order chi connectivity index (χ0) is 28.1. The molecular weight excluding hydrogens is 500 g/mol. The van der Waals surface area contributed by atoms with Gasteiger partial charge in [-0.1, -0.05) is 13.2 Å². The number of aliphatic hydroxyl groups excluding tert-OH is 2. The smallest absolute Gasteiger partial charge is 0.338 e. The molecule has 2 unspecified atom stereocenters. The molecule has 2 rings (SSSR count). The molecule has 0 saturated carbocycles. The van der Waals surface area contributed by atoms with Crippen LogP contribution in [0.15, 0.2) is 73.3 Å². The van der Waals surface area contributed by atoms with Crippen LogP contribution in [0.5, 0.6) is 11.5 Å². The van der Waals surface area contributed by atoms with Gasteiger partial charge in [0.05, 0.1) is 17.7 Å². The van der Waals surface area contributed by atoms with Crippen LogP contribution < -0.4 is 4.74 Å². The van der Waals surface area contributed by atoms with Gasteiger partial charge in [-0.15, -0.1) is 0 Å². The molecule has 0 aliphatic heterocycles. The van der Waals surface area contributed by atoms with Gasteiger partial charge >= 0.3 is 23.9 Å². The van der Waals surface area contributed by atoms with Gasteiger partial charge in [-0.05, 0) is 55.5 Å². The van der Waals surface area contributed by atoms with Gasteiger partial charge in [-0.25, -0.2) is 19.2 Å². The molecule has 11 heteroatoms. The van der Waals surface area contributed by atoms with Gasteiger partial charge in [-0.2, -0.15) is 0 Å². The van der Waals surface area contributed by atoms with Crippen LogP contribution in [-0.2, 0) is 28.5 Å². The molecule has 0 fully saturated rings. The van der Waals surface area contributed by atoms with E-state index in [9.17, 15) is 29.4 Å². The molecule has 202 valence electrons. The maximum Gasteiger partial charge on any atom is 0.338 e. The van der Waals surface area contributed by atoms with Crippen molar-refractivity contribution in [2.24, 2.45) is 0 Å². The van der Waals surface area contributed by atoms with E-state index in [0.717, 1.165) is 6.08 Å². The molecule has 0 bridgehead atoms. The van der Waals surface area contributed by atoms with Gasteiger partial charge in [-0.3, -0.25) is 0 Å². The van der Waals surface area contributed by atoms with Crippen molar-refractivity contribution in [3.8, 4) is 11.5 Å². The summed E-state index contributed by atoms with van der Waals surface area (Å²) in [5.41, 5.74) is 0.575. The van der Waals surface area contributed by atoms with Crippen LogP contribution >= 0.6 is 0 Å². The van der Waals surface area contributed by atoms with Crippen LogP contribution in [0.25, 0.3) is 0 Å². The molecule has 0 radical (unpaired) electrons. The highest BCUT2D eigenvalue weighted by atomic mass is 16.6. The minimum atomic E-state index is -1.19. The Hall–Kier alpha value is -4.48. The number of benzene rings is 2. The second kappa shape index (κ2) is 14.9. The number of ether oxygens (including phenoxy) is 5. The largest absolute Gasteiger partial charge is 0.459 e. The molecule has 2 aromatic carbocycles. The summed E-state index contributed by atoms with van der Waals surface area (Å²) < 4.78 is 25.4. The van der Waals surface area contributed by atoms with Crippen LogP contribution in [0.3, 0.4) is 0 Å². The first-order valence-corrected chi connectivity index (χ1v) is 11.3. The Labute approximate surface area is 218 Å². The van der Waals surface area contributed by atoms with Crippen LogP contribution in [-0.4, -0.2) is 72.7 Å². The molecule has 0 spiro atoms. The summed E-state index contributed by atoms with van der Waals surface area (Å²) in [6.45, 7) is 6.59. The fourth-order valence-electron chi connectivity index (χ4n) is 2.63. The highest BCUT2D eigenvalue weighted by Crippen LogP contribution is 2.23. The molecule has 0 aromatic heterocycles. The number of hydrogen-bond acceptors (Lipinski definition) is 11. The van der Waals surface area contributed by atoms with Crippen LogP contribution in [0, 0.1) is 0 Å². The van der Waals surface area contributed by atoms with E-state index in [4.69, 9.17) is 23.7 Å². The second-order valence-electron chi connectivity index (χ2n) is 7.83. The third-order valence-corrected chi connectivity index (χ3v) is 4.63. The Bertz CT molecular complexity index is 1140. The van der Waals surface area contributed by atoms with Gasteiger partial charge < -0.3 is 33.9 Å². The van der Waals surface area contributed by atoms with Crippen molar-refractivity contribution in [3.05, 3.63) is 84.5 Å². The Morgan fingerprint density at radius 1 is 0.842 bits per heavy atom. The molecule has 2 aromatic rings. The predicted octanol–water partition coefficient (Wildman–Crippen LogP) is 2.36. The Morgan fingerprint density at radius 2 is 1.37 bits per heavy atom. The monoisotopic (exact) mass is 528 g/mol. The summed E-state index contributed by atoms with van der Waals surface area (Å²) in [4.78, 5) is 46.9. The first-order valence-electron chi connectivity index (χ1n) is 11.3. The van der Waals surface area contributed by atoms with E-state index in [-0.39, 0.29) is 36.5 Å². The Morgan fingerprint density at radius 3 is 1.87 bits per heavy atom. The summed E-state index contributed by atoms with van der Waals surface area (Å²) in [7, 11) is 0. The van der Waals surface area contributed by atoms with Crippen molar-refractivity contribution < 1.29 is 53.1 Å². The maximum atomic E-state index is 12.3. The molecule has 0 aliphatic rings. The quantitative estimate of drug-likeness (QED) is 0.211. The van der Waals surface area contributed by atoms with Crippen molar-refractivity contribution in [1.82, 2.24) is 0 Å². The van der Waals surface area contributed by atoms with E-state index in [2.05, 4.69) is 13.2 Å². The van der Waals surface area contributed by atoms with Gasteiger partial charge in [0.2, 0.25) is 0 Å². The average molecular weight is 529 g/mol. The van der Waals surface area contributed by atoms with E-state index in [1.165, 1.54) is 55.5 Å². The highest BCUT2D eigenvalue weighted by Gasteiger charge is 2.17. The number of aliphatic hydroxyl groups is 2. The minimum absolute atomic E-state index is 0.181. The van der Waals surface area contributed by atoms with Crippen molar-refractivity contribution in [2.45, 2.75) is 19.1 Å². The molecule has 38 heavy (non-hydrogen) atoms. The first kappa shape index (κ1) is 29.7. The summed E-state index contributed by atoms with van der Waals surface area (Å²) in [5, 5.41) is 19.1. The van der Waals surface area contributed by atoms with Gasteiger partial charge in [0, 0.05) is 11.6 Å². The lowest BCUT2D eigenvalue weighted by atomic mass is 10.2. The molecule has 0 aliphatic carbocycles. The molecule has 0 saturated heterocycles. The fourth-order valence-corrected chi connectivity index (χ4v) is 2.63. The minimum Gasteiger partial charge on any atom is -0.459 e. The summed E-state index contributed by atoms with van der Waals surface area (Å²) in [6.07, 6.45) is -1.27. The third-order valence-electron chi connectivity index (χ3n) is 4.63. The summed E-state index contributed by atoms with van der Waals surface area (Å²) >= 11 is 0. The van der Waals surface area contributed by atoms with E-state index in [1.54, 1.807) is 0 Å². The zero-order valence-electron chi connectivity index (χ0n) is 20.7. The summed E-state index contributed by atoms with van der Waals surface area (Å²) in [6, 6.07) is 11.9. The number of hydrogen-bond donors (Lipinski definition) is 2. The van der Waals surface area contributed by atoms with E-state index < -0.39 is 42.7 Å². The lowest BCUT2D eigenvalue weighted by molar-refractivity contribution is -0.143. The topological polar surface area (TPSA) is 155 Å². The SMILES string of the molecule is C=CC(=O)OCC(CO)OC(=O)c1ccc(Oc2ccc(C(=O)OCC(O)COC(=O)C(=C)C)cc2)cc1. The predicted molar refractivity (Wildman–Crippen MR) is 132 cm³/mol. The number of carbonyl (C=O) groups is 4. The molecule has 2 atom stereocenters. The van der Waals surface area contributed by atoms with E-state index >= 15 is 0 Å². The van der Waals surface area contributed by atoms with Crippen molar-refractivity contribution in [3.63, 3.8) is 0 Å². The summed E-state index contributed by atoms with van der Waals surface area (Å²) in [5.74, 6) is -1.99. The van der Waals surface area contributed by atoms with E-state index in [0.29, 0.717) is 11.5 Å². The Kier molecular flexibility index (Phi) is 11.7. The number of rotatable bonds is 14. The highest BCUT2D eigenvalue weighted by molar-refractivity contribution is 5.90. The standard InChI is InChI=1S/C27H28O11/c1-4-24(30)34-16-23(13-28)38-27(33)19-7-11-22(12-8-19)37-21-9-5-18(6-10-21)26(32)36-15-20(29)14-35-25(31)17(2)3/h4-12,20,23,28-29H,1-2,13-16H2,3H3.